The standard InChI is InChI=1S/C27H30FN3O5S/c1-29-27(33)25(16-20-10-5-4-6-11-20)30(18-21-12-7-8-15-24(21)28)26(32)19-31(37(3,34)35)22-13-9-14-23(17-22)36-2/h4-15,17,25H,16,18-19H2,1-3H3,(H,29,33)/t25-/m1/s1. The average molecular weight is 528 g/mol. The molecule has 1 N–H and O–H groups in total. The fourth-order valence-corrected chi connectivity index (χ4v) is 4.75. The van der Waals surface area contributed by atoms with E-state index in [9.17, 15) is 22.4 Å². The van der Waals surface area contributed by atoms with Crippen molar-refractivity contribution >= 4 is 27.5 Å². The summed E-state index contributed by atoms with van der Waals surface area (Å²) < 4.78 is 46.2. The third-order valence-electron chi connectivity index (χ3n) is 5.84. The van der Waals surface area contributed by atoms with Crippen molar-refractivity contribution in [3.8, 4) is 5.75 Å². The molecule has 3 aromatic carbocycles. The molecule has 37 heavy (non-hydrogen) atoms. The number of rotatable bonds is 11. The number of carbonyl (C=O) groups excluding carboxylic acids is 2. The number of amides is 2. The number of likely N-dealkylation sites (N-methyl/N-ethyl adjacent to an activating group) is 1. The van der Waals surface area contributed by atoms with Gasteiger partial charge in [0.15, 0.2) is 0 Å². The summed E-state index contributed by atoms with van der Waals surface area (Å²) >= 11 is 0. The molecule has 10 heteroatoms. The second-order valence-corrected chi connectivity index (χ2v) is 10.3. The number of nitrogens with zero attached hydrogens (tertiary/aromatic N) is 2. The van der Waals surface area contributed by atoms with Crippen LogP contribution in [0.25, 0.3) is 0 Å². The number of hydrogen-bond acceptors (Lipinski definition) is 5. The van der Waals surface area contributed by atoms with Crippen LogP contribution in [0.15, 0.2) is 78.9 Å². The largest absolute Gasteiger partial charge is 0.497 e. The van der Waals surface area contributed by atoms with Crippen molar-refractivity contribution in [1.82, 2.24) is 10.2 Å². The van der Waals surface area contributed by atoms with Crippen LogP contribution in [0.5, 0.6) is 5.75 Å². The molecule has 0 aliphatic carbocycles. The van der Waals surface area contributed by atoms with E-state index in [-0.39, 0.29) is 24.2 Å². The molecule has 1 atom stereocenters. The maximum atomic E-state index is 14.6. The zero-order chi connectivity index (χ0) is 27.0. The van der Waals surface area contributed by atoms with Crippen LogP contribution in [0.4, 0.5) is 10.1 Å². The smallest absolute Gasteiger partial charge is 0.244 e. The van der Waals surface area contributed by atoms with Crippen LogP contribution in [-0.2, 0) is 32.6 Å². The van der Waals surface area contributed by atoms with Crippen molar-refractivity contribution in [3.05, 3.63) is 95.8 Å². The summed E-state index contributed by atoms with van der Waals surface area (Å²) in [5, 5.41) is 2.58. The van der Waals surface area contributed by atoms with Gasteiger partial charge < -0.3 is 15.0 Å². The number of sulfonamides is 1. The first-order valence-electron chi connectivity index (χ1n) is 11.5. The Morgan fingerprint density at radius 3 is 2.30 bits per heavy atom. The number of methoxy groups -OCH3 is 1. The molecule has 0 saturated carbocycles. The molecule has 0 bridgehead atoms. The molecule has 0 aromatic heterocycles. The topological polar surface area (TPSA) is 96.0 Å². The van der Waals surface area contributed by atoms with Gasteiger partial charge >= 0.3 is 0 Å². The number of halogens is 1. The summed E-state index contributed by atoms with van der Waals surface area (Å²) in [7, 11) is -1.01. The summed E-state index contributed by atoms with van der Waals surface area (Å²) in [6.07, 6.45) is 1.14. The third-order valence-corrected chi connectivity index (χ3v) is 6.98. The predicted octanol–water partition coefficient (Wildman–Crippen LogP) is 2.99. The van der Waals surface area contributed by atoms with Gasteiger partial charge in [0, 0.05) is 31.6 Å². The first-order chi connectivity index (χ1) is 17.6. The second-order valence-electron chi connectivity index (χ2n) is 8.40. The minimum atomic E-state index is -3.91. The SMILES string of the molecule is CNC(=O)[C@@H](Cc1ccccc1)N(Cc1ccccc1F)C(=O)CN(c1cccc(OC)c1)S(C)(=O)=O. The van der Waals surface area contributed by atoms with Gasteiger partial charge in [-0.25, -0.2) is 12.8 Å². The van der Waals surface area contributed by atoms with Gasteiger partial charge in [-0.1, -0.05) is 54.6 Å². The first-order valence-corrected chi connectivity index (χ1v) is 13.4. The fraction of sp³-hybridized carbons (Fsp3) is 0.259. The van der Waals surface area contributed by atoms with Gasteiger partial charge in [0.1, 0.15) is 24.2 Å². The Bertz CT molecular complexity index is 1330. The number of hydrogen-bond donors (Lipinski definition) is 1. The molecule has 0 spiro atoms. The van der Waals surface area contributed by atoms with E-state index in [2.05, 4.69) is 5.32 Å². The van der Waals surface area contributed by atoms with Crippen LogP contribution in [0, 0.1) is 5.82 Å². The van der Waals surface area contributed by atoms with E-state index in [1.54, 1.807) is 18.2 Å². The van der Waals surface area contributed by atoms with Gasteiger partial charge in [0.25, 0.3) is 0 Å². The monoisotopic (exact) mass is 527 g/mol. The minimum absolute atomic E-state index is 0.152. The van der Waals surface area contributed by atoms with Gasteiger partial charge in [-0.3, -0.25) is 13.9 Å². The highest BCUT2D eigenvalue weighted by Gasteiger charge is 2.33. The van der Waals surface area contributed by atoms with Crippen molar-refractivity contribution in [2.24, 2.45) is 0 Å². The Kier molecular flexibility index (Phi) is 9.24. The Morgan fingerprint density at radius 1 is 1.00 bits per heavy atom. The zero-order valence-electron chi connectivity index (χ0n) is 20.9. The second kappa shape index (κ2) is 12.4. The van der Waals surface area contributed by atoms with Gasteiger partial charge in [-0.15, -0.1) is 0 Å². The molecule has 0 aliphatic rings. The highest BCUT2D eigenvalue weighted by Crippen LogP contribution is 2.24. The predicted molar refractivity (Wildman–Crippen MR) is 140 cm³/mol. The van der Waals surface area contributed by atoms with Gasteiger partial charge in [-0.05, 0) is 23.8 Å². The van der Waals surface area contributed by atoms with Crippen LogP contribution in [0.3, 0.4) is 0 Å². The third kappa shape index (κ3) is 7.29. The maximum absolute atomic E-state index is 14.6. The lowest BCUT2D eigenvalue weighted by Gasteiger charge is -2.33. The van der Waals surface area contributed by atoms with E-state index in [0.29, 0.717) is 5.75 Å². The van der Waals surface area contributed by atoms with E-state index in [1.807, 2.05) is 30.3 Å². The number of nitrogens with one attached hydrogen (secondary N) is 1. The quantitative estimate of drug-likeness (QED) is 0.414. The molecule has 0 heterocycles. The summed E-state index contributed by atoms with van der Waals surface area (Å²) in [6.45, 7) is -0.825. The van der Waals surface area contributed by atoms with Crippen molar-refractivity contribution in [3.63, 3.8) is 0 Å². The van der Waals surface area contributed by atoms with Gasteiger partial charge in [-0.2, -0.15) is 0 Å². The lowest BCUT2D eigenvalue weighted by molar-refractivity contribution is -0.139. The molecule has 2 amide bonds. The summed E-state index contributed by atoms with van der Waals surface area (Å²) in [5.74, 6) is -1.25. The molecular weight excluding hydrogens is 497 g/mol. The molecular formula is C27H30FN3O5S. The fourth-order valence-electron chi connectivity index (χ4n) is 3.91. The molecule has 0 aliphatic heterocycles. The van der Waals surface area contributed by atoms with E-state index in [1.165, 1.54) is 49.4 Å². The van der Waals surface area contributed by atoms with E-state index < -0.39 is 40.2 Å². The lowest BCUT2D eigenvalue weighted by Crippen LogP contribution is -2.53. The van der Waals surface area contributed by atoms with Crippen molar-refractivity contribution in [2.75, 3.05) is 31.3 Å². The van der Waals surface area contributed by atoms with Crippen molar-refractivity contribution in [1.29, 1.82) is 0 Å². The average Bonchev–Trinajstić information content (AvgIpc) is 2.89. The number of carbonyl (C=O) groups is 2. The summed E-state index contributed by atoms with van der Waals surface area (Å²) in [6, 6.07) is 20.3. The van der Waals surface area contributed by atoms with Crippen LogP contribution >= 0.6 is 0 Å². The van der Waals surface area contributed by atoms with Crippen LogP contribution in [0.2, 0.25) is 0 Å². The van der Waals surface area contributed by atoms with Crippen molar-refractivity contribution in [2.45, 2.75) is 19.0 Å². The van der Waals surface area contributed by atoms with Crippen LogP contribution in [0.1, 0.15) is 11.1 Å². The highest BCUT2D eigenvalue weighted by molar-refractivity contribution is 7.92. The highest BCUT2D eigenvalue weighted by atomic mass is 32.2. The first kappa shape index (κ1) is 27.7. The van der Waals surface area contributed by atoms with Gasteiger partial charge in [0.2, 0.25) is 21.8 Å². The summed E-state index contributed by atoms with van der Waals surface area (Å²) in [4.78, 5) is 28.0. The lowest BCUT2D eigenvalue weighted by atomic mass is 10.0. The summed E-state index contributed by atoms with van der Waals surface area (Å²) in [5.41, 5.74) is 1.21. The molecule has 0 fully saturated rings. The van der Waals surface area contributed by atoms with Crippen LogP contribution < -0.4 is 14.4 Å². The molecule has 0 unspecified atom stereocenters. The van der Waals surface area contributed by atoms with E-state index >= 15 is 0 Å². The maximum Gasteiger partial charge on any atom is 0.244 e. The Balaban J connectivity index is 2.04. The normalized spacial score (nSPS) is 11.9. The number of benzene rings is 3. The molecule has 0 saturated heterocycles. The molecule has 3 aromatic rings. The molecule has 196 valence electrons. The van der Waals surface area contributed by atoms with Crippen molar-refractivity contribution < 1.29 is 27.1 Å². The van der Waals surface area contributed by atoms with E-state index in [4.69, 9.17) is 4.74 Å². The Morgan fingerprint density at radius 2 is 1.68 bits per heavy atom. The molecule has 3 rings (SSSR count). The molecule has 0 radical (unpaired) electrons. The number of anilines is 1. The Labute approximate surface area is 216 Å². The Hall–Kier alpha value is -3.92. The van der Waals surface area contributed by atoms with Crippen LogP contribution in [-0.4, -0.2) is 58.1 Å². The zero-order valence-corrected chi connectivity index (χ0v) is 21.7. The molecule has 8 nitrogen and oxygen atoms in total. The van der Waals surface area contributed by atoms with E-state index in [0.717, 1.165) is 16.1 Å². The minimum Gasteiger partial charge on any atom is -0.497 e. The number of ether oxygens (including phenoxy) is 1. The van der Waals surface area contributed by atoms with Gasteiger partial charge in [0.05, 0.1) is 19.1 Å².